The number of alkyl halides is 1. The van der Waals surface area contributed by atoms with Crippen LogP contribution in [0.1, 0.15) is 49.4 Å². The van der Waals surface area contributed by atoms with E-state index in [9.17, 15) is 18.8 Å². The molecule has 0 saturated heterocycles. The zero-order chi connectivity index (χ0) is 21.0. The summed E-state index contributed by atoms with van der Waals surface area (Å²) < 4.78 is 12.8. The first-order chi connectivity index (χ1) is 13.9. The Bertz CT molecular complexity index is 857. The number of hydrogen-bond acceptors (Lipinski definition) is 6. The molecule has 1 amide bonds. The summed E-state index contributed by atoms with van der Waals surface area (Å²) in [7, 11) is 0. The van der Waals surface area contributed by atoms with Crippen molar-refractivity contribution in [3.63, 3.8) is 0 Å². The Morgan fingerprint density at radius 2 is 2.14 bits per heavy atom. The van der Waals surface area contributed by atoms with E-state index in [1.54, 1.807) is 19.2 Å². The molecule has 2 atom stereocenters. The number of hydroxylamine groups is 1. The van der Waals surface area contributed by atoms with Gasteiger partial charge in [0.25, 0.3) is 5.91 Å². The van der Waals surface area contributed by atoms with Crippen LogP contribution in [0.2, 0.25) is 0 Å². The molecule has 1 aromatic heterocycles. The highest BCUT2D eigenvalue weighted by molar-refractivity contribution is 5.97. The number of pyridine rings is 1. The molecule has 0 fully saturated rings. The number of carboxylic acid groups (broad SMARTS) is 1. The third kappa shape index (κ3) is 4.29. The third-order valence-electron chi connectivity index (χ3n) is 5.37. The minimum atomic E-state index is -1.46. The number of halogens is 1. The van der Waals surface area contributed by atoms with Crippen LogP contribution in [0.5, 0.6) is 0 Å². The molecule has 0 spiro atoms. The summed E-state index contributed by atoms with van der Waals surface area (Å²) >= 11 is 0. The number of carbonyl (C=O) groups is 3. The predicted molar refractivity (Wildman–Crippen MR) is 101 cm³/mol. The smallest absolute Gasteiger partial charge is 0.305 e. The Kier molecular flexibility index (Phi) is 6.26. The average molecular weight is 405 g/mol. The first-order valence-electron chi connectivity index (χ1n) is 9.65. The van der Waals surface area contributed by atoms with Crippen molar-refractivity contribution in [2.45, 2.75) is 57.1 Å². The van der Waals surface area contributed by atoms with Crippen molar-refractivity contribution in [1.29, 1.82) is 0 Å². The number of hydrogen-bond donors (Lipinski definition) is 3. The van der Waals surface area contributed by atoms with Gasteiger partial charge < -0.3 is 10.4 Å². The molecule has 0 bridgehead atoms. The molecule has 1 aromatic rings. The highest BCUT2D eigenvalue weighted by Crippen LogP contribution is 2.33. The van der Waals surface area contributed by atoms with Crippen molar-refractivity contribution in [3.8, 4) is 0 Å². The first kappa shape index (κ1) is 20.9. The molecule has 3 rings (SSSR count). The molecule has 29 heavy (non-hydrogen) atoms. The summed E-state index contributed by atoms with van der Waals surface area (Å²) in [6, 6.07) is 0.532. The summed E-state index contributed by atoms with van der Waals surface area (Å²) in [4.78, 5) is 45.6. The van der Waals surface area contributed by atoms with Crippen LogP contribution in [0, 0.1) is 0 Å². The van der Waals surface area contributed by atoms with Gasteiger partial charge in [0.05, 0.1) is 17.8 Å². The highest BCUT2D eigenvalue weighted by Gasteiger charge is 2.43. The van der Waals surface area contributed by atoms with E-state index in [1.165, 1.54) is 5.56 Å². The molecule has 2 unspecified atom stereocenters. The van der Waals surface area contributed by atoms with Gasteiger partial charge in [0.15, 0.2) is 11.4 Å². The second-order valence-electron chi connectivity index (χ2n) is 7.23. The summed E-state index contributed by atoms with van der Waals surface area (Å²) in [5.41, 5.74) is 4.91. The van der Waals surface area contributed by atoms with E-state index in [4.69, 9.17) is 9.94 Å². The van der Waals surface area contributed by atoms with Gasteiger partial charge in [-0.3, -0.25) is 29.7 Å². The van der Waals surface area contributed by atoms with Crippen LogP contribution in [-0.2, 0) is 32.1 Å². The zero-order valence-electron chi connectivity index (χ0n) is 16.2. The number of Topliss-reactive ketones (excluding diaryl/α,β-unsaturated/α-hetero) is 1. The van der Waals surface area contributed by atoms with E-state index < -0.39 is 42.4 Å². The molecular weight excluding hydrogens is 381 g/mol. The highest BCUT2D eigenvalue weighted by atomic mass is 19.1. The minimum absolute atomic E-state index is 0.216. The summed E-state index contributed by atoms with van der Waals surface area (Å²) in [6.45, 7) is 0.357. The molecule has 9 heteroatoms. The van der Waals surface area contributed by atoms with Gasteiger partial charge in [-0.1, -0.05) is 6.92 Å². The van der Waals surface area contributed by atoms with Crippen molar-refractivity contribution in [2.75, 3.05) is 6.67 Å². The molecule has 3 N–H and O–H groups in total. The maximum absolute atomic E-state index is 12.9. The Morgan fingerprint density at radius 1 is 1.38 bits per heavy atom. The largest absolute Gasteiger partial charge is 0.481 e. The molecule has 0 aromatic carbocycles. The number of aromatic nitrogens is 1. The van der Waals surface area contributed by atoms with Gasteiger partial charge in [-0.25, -0.2) is 4.39 Å². The lowest BCUT2D eigenvalue weighted by atomic mass is 9.89. The van der Waals surface area contributed by atoms with E-state index in [1.807, 2.05) is 6.07 Å². The van der Waals surface area contributed by atoms with Gasteiger partial charge in [-0.15, -0.1) is 0 Å². The van der Waals surface area contributed by atoms with Crippen molar-refractivity contribution in [1.82, 2.24) is 15.8 Å². The number of ketones is 1. The van der Waals surface area contributed by atoms with Gasteiger partial charge in [0.2, 0.25) is 0 Å². The molecule has 8 nitrogen and oxygen atoms in total. The Morgan fingerprint density at radius 3 is 2.83 bits per heavy atom. The lowest BCUT2D eigenvalue weighted by Gasteiger charge is -2.25. The minimum Gasteiger partial charge on any atom is -0.481 e. The van der Waals surface area contributed by atoms with Crippen molar-refractivity contribution in [3.05, 3.63) is 35.2 Å². The SMILES string of the molecule is CCC1(C(=O)NC(CC(=O)O)C(=O)CF)C=C(c2nccc3c2CCCC3)NO1. The molecule has 0 radical (unpaired) electrons. The predicted octanol–water partition coefficient (Wildman–Crippen LogP) is 1.48. The Labute approximate surface area is 167 Å². The van der Waals surface area contributed by atoms with Crippen LogP contribution in [-0.4, -0.2) is 46.1 Å². The fraction of sp³-hybridized carbons (Fsp3) is 0.500. The Balaban J connectivity index is 1.86. The van der Waals surface area contributed by atoms with Crippen molar-refractivity contribution < 1.29 is 28.7 Å². The summed E-state index contributed by atoms with van der Waals surface area (Å²) in [5.74, 6) is -3.02. The van der Waals surface area contributed by atoms with E-state index in [-0.39, 0.29) is 6.42 Å². The zero-order valence-corrected chi connectivity index (χ0v) is 16.2. The van der Waals surface area contributed by atoms with Crippen LogP contribution in [0.3, 0.4) is 0 Å². The van der Waals surface area contributed by atoms with Gasteiger partial charge in [0, 0.05) is 6.20 Å². The fourth-order valence-corrected chi connectivity index (χ4v) is 3.69. The lowest BCUT2D eigenvalue weighted by molar-refractivity contribution is -0.147. The van der Waals surface area contributed by atoms with Crippen LogP contribution < -0.4 is 10.8 Å². The number of amides is 1. The van der Waals surface area contributed by atoms with E-state index >= 15 is 0 Å². The molecule has 1 aliphatic carbocycles. The number of fused-ring (bicyclic) bond motifs is 1. The number of nitrogens with zero attached hydrogens (tertiary/aromatic N) is 1. The summed E-state index contributed by atoms with van der Waals surface area (Å²) in [5, 5.41) is 11.3. The second-order valence-corrected chi connectivity index (χ2v) is 7.23. The number of aliphatic carboxylic acids is 1. The molecule has 0 saturated carbocycles. The van der Waals surface area contributed by atoms with Gasteiger partial charge >= 0.3 is 5.97 Å². The number of aryl methyl sites for hydroxylation is 1. The van der Waals surface area contributed by atoms with E-state index in [0.717, 1.165) is 31.2 Å². The number of nitrogens with one attached hydrogen (secondary N) is 2. The standard InChI is InChI=1S/C20H24FN3O5/c1-2-20(19(28)23-14(9-17(26)27)16(25)11-21)10-15(24-29-20)18-13-6-4-3-5-12(13)7-8-22-18/h7-8,10,14,24H,2-6,9,11H2,1H3,(H,23,28)(H,26,27). The molecule has 2 aliphatic rings. The molecule has 2 heterocycles. The quantitative estimate of drug-likeness (QED) is 0.600. The monoisotopic (exact) mass is 405 g/mol. The maximum Gasteiger partial charge on any atom is 0.305 e. The normalized spacial score (nSPS) is 21.5. The van der Waals surface area contributed by atoms with Crippen LogP contribution in [0.15, 0.2) is 18.3 Å². The topological polar surface area (TPSA) is 118 Å². The molecule has 1 aliphatic heterocycles. The van der Waals surface area contributed by atoms with Gasteiger partial charge in [-0.2, -0.15) is 0 Å². The molecule has 156 valence electrons. The maximum atomic E-state index is 12.9. The van der Waals surface area contributed by atoms with E-state index in [2.05, 4.69) is 15.8 Å². The Hall–Kier alpha value is -2.81. The van der Waals surface area contributed by atoms with Gasteiger partial charge in [-0.05, 0) is 55.4 Å². The van der Waals surface area contributed by atoms with Crippen molar-refractivity contribution in [2.24, 2.45) is 0 Å². The van der Waals surface area contributed by atoms with Crippen molar-refractivity contribution >= 4 is 23.4 Å². The fourth-order valence-electron chi connectivity index (χ4n) is 3.69. The number of carboxylic acids is 1. The third-order valence-corrected chi connectivity index (χ3v) is 5.37. The second kappa shape index (κ2) is 8.69. The molecular formula is C20H24FN3O5. The van der Waals surface area contributed by atoms with Crippen LogP contribution in [0.25, 0.3) is 5.70 Å². The summed E-state index contributed by atoms with van der Waals surface area (Å²) in [6.07, 6.45) is 6.86. The average Bonchev–Trinajstić information content (AvgIpc) is 3.17. The number of carbonyl (C=O) groups excluding carboxylic acids is 2. The van der Waals surface area contributed by atoms with E-state index in [0.29, 0.717) is 11.4 Å². The number of rotatable bonds is 8. The van der Waals surface area contributed by atoms with Gasteiger partial charge in [0.1, 0.15) is 12.7 Å². The van der Waals surface area contributed by atoms with Crippen LogP contribution in [0.4, 0.5) is 4.39 Å². The van der Waals surface area contributed by atoms with Crippen LogP contribution >= 0.6 is 0 Å². The lowest BCUT2D eigenvalue weighted by Crippen LogP contribution is -2.53. The first-order valence-corrected chi connectivity index (χ1v) is 9.65.